The molecule has 1 aliphatic heterocycles. The van der Waals surface area contributed by atoms with Crippen molar-refractivity contribution in [2.45, 2.75) is 17.1 Å². The van der Waals surface area contributed by atoms with E-state index >= 15 is 0 Å². The lowest BCUT2D eigenvalue weighted by atomic mass is 10.2. The molecule has 5 nitrogen and oxygen atoms in total. The van der Waals surface area contributed by atoms with Gasteiger partial charge in [-0.15, -0.1) is 0 Å². The molecule has 19 heavy (non-hydrogen) atoms. The molecule has 1 aromatic rings. The van der Waals surface area contributed by atoms with Crippen molar-refractivity contribution < 1.29 is 13.2 Å². The molecule has 1 saturated heterocycles. The summed E-state index contributed by atoms with van der Waals surface area (Å²) in [4.78, 5) is 13.2. The second-order valence-electron chi connectivity index (χ2n) is 4.36. The molecular weight excluding hydrogens is 288 g/mol. The third-order valence-electron chi connectivity index (χ3n) is 3.04. The Bertz CT molecular complexity index is 565. The van der Waals surface area contributed by atoms with Crippen LogP contribution in [0.2, 0.25) is 5.02 Å². The van der Waals surface area contributed by atoms with Gasteiger partial charge in [0, 0.05) is 24.7 Å². The van der Waals surface area contributed by atoms with E-state index in [1.807, 2.05) is 6.92 Å². The van der Waals surface area contributed by atoms with E-state index in [-0.39, 0.29) is 24.0 Å². The van der Waals surface area contributed by atoms with E-state index in [1.165, 1.54) is 17.0 Å². The number of benzene rings is 1. The van der Waals surface area contributed by atoms with Crippen LogP contribution in [0.15, 0.2) is 29.2 Å². The largest absolute Gasteiger partial charge is 0.338 e. The van der Waals surface area contributed by atoms with Gasteiger partial charge in [-0.2, -0.15) is 0 Å². The molecule has 0 spiro atoms. The summed E-state index contributed by atoms with van der Waals surface area (Å²) in [7, 11) is -3.38. The molecule has 0 saturated carbocycles. The summed E-state index contributed by atoms with van der Waals surface area (Å²) in [5.41, 5.74) is 0. The van der Waals surface area contributed by atoms with E-state index in [4.69, 9.17) is 11.6 Å². The molecule has 2 amide bonds. The molecule has 0 aliphatic carbocycles. The maximum Gasteiger partial charge on any atom is 0.317 e. The number of likely N-dealkylation sites (tertiary alicyclic amines) is 1. The van der Waals surface area contributed by atoms with Crippen LogP contribution in [0.3, 0.4) is 0 Å². The minimum atomic E-state index is -3.38. The first kappa shape index (κ1) is 14.1. The molecule has 0 unspecified atom stereocenters. The highest BCUT2D eigenvalue weighted by Crippen LogP contribution is 2.24. The second-order valence-corrected chi connectivity index (χ2v) is 7.03. The van der Waals surface area contributed by atoms with Crippen molar-refractivity contribution in [2.24, 2.45) is 0 Å². The Labute approximate surface area is 117 Å². The quantitative estimate of drug-likeness (QED) is 0.921. The Kier molecular flexibility index (Phi) is 4.01. The smallest absolute Gasteiger partial charge is 0.317 e. The number of carbonyl (C=O) groups excluding carboxylic acids is 1. The Hall–Kier alpha value is -1.27. The SMILES string of the molecule is CCNC(=O)N1CC(S(=O)(=O)c2ccc(Cl)cc2)C1. The summed E-state index contributed by atoms with van der Waals surface area (Å²) in [5, 5.41) is 2.61. The summed E-state index contributed by atoms with van der Waals surface area (Å²) >= 11 is 5.73. The monoisotopic (exact) mass is 302 g/mol. The Balaban J connectivity index is 2.04. The number of urea groups is 1. The minimum Gasteiger partial charge on any atom is -0.338 e. The van der Waals surface area contributed by atoms with Gasteiger partial charge in [0.1, 0.15) is 5.25 Å². The Morgan fingerprint density at radius 1 is 1.37 bits per heavy atom. The molecular formula is C12H15ClN2O3S. The number of hydrogen-bond acceptors (Lipinski definition) is 3. The lowest BCUT2D eigenvalue weighted by molar-refractivity contribution is 0.170. The number of sulfone groups is 1. The van der Waals surface area contributed by atoms with Crippen LogP contribution in [-0.4, -0.2) is 44.2 Å². The molecule has 1 aromatic carbocycles. The van der Waals surface area contributed by atoms with E-state index in [9.17, 15) is 13.2 Å². The van der Waals surface area contributed by atoms with Gasteiger partial charge in [0.2, 0.25) is 0 Å². The fraction of sp³-hybridized carbons (Fsp3) is 0.417. The summed E-state index contributed by atoms with van der Waals surface area (Å²) in [6.45, 7) is 2.82. The van der Waals surface area contributed by atoms with Gasteiger partial charge in [-0.3, -0.25) is 0 Å². The van der Waals surface area contributed by atoms with Gasteiger partial charge in [-0.25, -0.2) is 13.2 Å². The van der Waals surface area contributed by atoms with Crippen LogP contribution in [-0.2, 0) is 9.84 Å². The van der Waals surface area contributed by atoms with Crippen molar-refractivity contribution in [3.63, 3.8) is 0 Å². The van der Waals surface area contributed by atoms with Crippen molar-refractivity contribution in [1.82, 2.24) is 10.2 Å². The zero-order valence-corrected chi connectivity index (χ0v) is 12.0. The van der Waals surface area contributed by atoms with Crippen LogP contribution in [0.5, 0.6) is 0 Å². The average Bonchev–Trinajstić information content (AvgIpc) is 2.27. The normalized spacial score (nSPS) is 16.0. The van der Waals surface area contributed by atoms with Gasteiger partial charge in [0.15, 0.2) is 9.84 Å². The van der Waals surface area contributed by atoms with Crippen molar-refractivity contribution in [1.29, 1.82) is 0 Å². The third-order valence-corrected chi connectivity index (χ3v) is 5.40. The first-order valence-corrected chi connectivity index (χ1v) is 7.90. The van der Waals surface area contributed by atoms with E-state index in [0.29, 0.717) is 11.6 Å². The molecule has 1 aliphatic rings. The second kappa shape index (κ2) is 5.38. The molecule has 1 N–H and O–H groups in total. The molecule has 0 radical (unpaired) electrons. The molecule has 7 heteroatoms. The number of rotatable bonds is 3. The highest BCUT2D eigenvalue weighted by Gasteiger charge is 2.40. The first-order chi connectivity index (χ1) is 8.95. The highest BCUT2D eigenvalue weighted by molar-refractivity contribution is 7.92. The number of amides is 2. The summed E-state index contributed by atoms with van der Waals surface area (Å²) < 4.78 is 24.5. The topological polar surface area (TPSA) is 66.5 Å². The fourth-order valence-corrected chi connectivity index (χ4v) is 3.66. The highest BCUT2D eigenvalue weighted by atomic mass is 35.5. The Morgan fingerprint density at radius 3 is 2.47 bits per heavy atom. The first-order valence-electron chi connectivity index (χ1n) is 5.97. The van der Waals surface area contributed by atoms with E-state index in [1.54, 1.807) is 12.1 Å². The lowest BCUT2D eigenvalue weighted by Crippen LogP contribution is -2.59. The van der Waals surface area contributed by atoms with Gasteiger partial charge in [-0.1, -0.05) is 11.6 Å². The standard InChI is InChI=1S/C12H15ClN2O3S/c1-2-14-12(16)15-7-11(8-15)19(17,18)10-5-3-9(13)4-6-10/h3-6,11H,2,7-8H2,1H3,(H,14,16). The van der Waals surface area contributed by atoms with Gasteiger partial charge in [-0.05, 0) is 31.2 Å². The minimum absolute atomic E-state index is 0.218. The van der Waals surface area contributed by atoms with Crippen LogP contribution in [0.1, 0.15) is 6.92 Å². The van der Waals surface area contributed by atoms with Crippen molar-refractivity contribution in [3.8, 4) is 0 Å². The van der Waals surface area contributed by atoms with Crippen LogP contribution in [0, 0.1) is 0 Å². The van der Waals surface area contributed by atoms with E-state index < -0.39 is 15.1 Å². The van der Waals surface area contributed by atoms with E-state index in [2.05, 4.69) is 5.32 Å². The van der Waals surface area contributed by atoms with Gasteiger partial charge in [0.05, 0.1) is 4.90 Å². The zero-order valence-electron chi connectivity index (χ0n) is 10.5. The van der Waals surface area contributed by atoms with Crippen molar-refractivity contribution >= 4 is 27.5 Å². The van der Waals surface area contributed by atoms with Gasteiger partial charge < -0.3 is 10.2 Å². The number of carbonyl (C=O) groups is 1. The summed E-state index contributed by atoms with van der Waals surface area (Å²) in [6.07, 6.45) is 0. The number of halogens is 1. The Morgan fingerprint density at radius 2 is 1.95 bits per heavy atom. The predicted octanol–water partition coefficient (Wildman–Crippen LogP) is 1.53. The number of nitrogens with zero attached hydrogens (tertiary/aromatic N) is 1. The maximum absolute atomic E-state index is 12.3. The molecule has 0 aromatic heterocycles. The van der Waals surface area contributed by atoms with Crippen LogP contribution in [0.4, 0.5) is 4.79 Å². The summed E-state index contributed by atoms with van der Waals surface area (Å²) in [6, 6.07) is 5.87. The van der Waals surface area contributed by atoms with Gasteiger partial charge >= 0.3 is 6.03 Å². The van der Waals surface area contributed by atoms with Crippen LogP contribution in [0.25, 0.3) is 0 Å². The number of nitrogens with one attached hydrogen (secondary N) is 1. The molecule has 0 atom stereocenters. The average molecular weight is 303 g/mol. The van der Waals surface area contributed by atoms with Crippen molar-refractivity contribution in [3.05, 3.63) is 29.3 Å². The molecule has 0 bridgehead atoms. The third kappa shape index (κ3) is 2.84. The van der Waals surface area contributed by atoms with Crippen LogP contribution >= 0.6 is 11.6 Å². The molecule has 1 fully saturated rings. The fourth-order valence-electron chi connectivity index (χ4n) is 1.88. The van der Waals surface area contributed by atoms with Crippen LogP contribution < -0.4 is 5.32 Å². The lowest BCUT2D eigenvalue weighted by Gasteiger charge is -2.38. The molecule has 104 valence electrons. The maximum atomic E-state index is 12.3. The molecule has 1 heterocycles. The summed E-state index contributed by atoms with van der Waals surface area (Å²) in [5.74, 6) is 0. The van der Waals surface area contributed by atoms with E-state index in [0.717, 1.165) is 0 Å². The predicted molar refractivity (Wildman–Crippen MR) is 73.1 cm³/mol. The molecule has 2 rings (SSSR count). The number of hydrogen-bond donors (Lipinski definition) is 1. The van der Waals surface area contributed by atoms with Gasteiger partial charge in [0.25, 0.3) is 0 Å². The van der Waals surface area contributed by atoms with Crippen molar-refractivity contribution in [2.75, 3.05) is 19.6 Å². The zero-order chi connectivity index (χ0) is 14.0.